The number of alkyl carbamates (subject to hydrolysis) is 3. The summed E-state index contributed by atoms with van der Waals surface area (Å²) in [5.74, 6) is 27.0. The third-order valence-electron chi connectivity index (χ3n) is 29.2. The number of hydrogen-bond donors (Lipinski definition) is 5. The normalized spacial score (nSPS) is 22.2. The number of ether oxygens (including phenoxy) is 3. The molecule has 12 aliphatic heterocycles. The van der Waals surface area contributed by atoms with Crippen LogP contribution in [0, 0.1) is 99.7 Å². The van der Waals surface area contributed by atoms with Crippen LogP contribution in [0.25, 0.3) is 0 Å². The van der Waals surface area contributed by atoms with Crippen LogP contribution in [-0.2, 0) is 48.4 Å². The number of imidazole rings is 2. The Hall–Kier alpha value is -8.46. The van der Waals surface area contributed by atoms with Crippen molar-refractivity contribution in [1.29, 1.82) is 0 Å². The number of allylic oxidation sites excluding steroid dienone is 1. The monoisotopic (exact) mass is 2230 g/mol. The van der Waals surface area contributed by atoms with Gasteiger partial charge in [-0.15, -0.1) is 23.9 Å². The van der Waals surface area contributed by atoms with Crippen molar-refractivity contribution in [1.82, 2.24) is 70.2 Å². The van der Waals surface area contributed by atoms with Crippen LogP contribution in [0.1, 0.15) is 300 Å². The molecule has 12 aliphatic rings. The maximum absolute atomic E-state index is 13.6. The minimum atomic E-state index is -5.64. The van der Waals surface area contributed by atoms with Crippen LogP contribution in [0.3, 0.4) is 0 Å². The molecule has 14 atom stereocenters. The van der Waals surface area contributed by atoms with E-state index in [0.29, 0.717) is 67.3 Å². The number of aryl methyl sites for hydroxylation is 1. The number of fused-ring (bicyclic) bond motifs is 20. The van der Waals surface area contributed by atoms with E-state index in [1.165, 1.54) is 97.6 Å². The van der Waals surface area contributed by atoms with Crippen molar-refractivity contribution in [3.63, 3.8) is 0 Å². The third kappa shape index (κ3) is 26.7. The van der Waals surface area contributed by atoms with Crippen molar-refractivity contribution in [3.05, 3.63) is 177 Å². The number of aromatic amines is 2. The van der Waals surface area contributed by atoms with Crippen molar-refractivity contribution in [2.75, 3.05) is 69.2 Å². The average molecular weight is 2230 g/mol. The molecule has 7 fully saturated rings. The Labute approximate surface area is 964 Å². The molecular formula is C108H133F3IK2N15O15SSi2. The zero-order valence-electron chi connectivity index (χ0n) is 89.1. The number of terminal acetylenes is 2. The summed E-state index contributed by atoms with van der Waals surface area (Å²) in [5, 5.41) is 16.5. The summed E-state index contributed by atoms with van der Waals surface area (Å²) in [6, 6.07) is 15.8. The van der Waals surface area contributed by atoms with Crippen molar-refractivity contribution < 1.29 is 188 Å². The number of benzene rings is 4. The molecule has 2 aromatic heterocycles. The Kier molecular flexibility index (Phi) is 41.1. The van der Waals surface area contributed by atoms with E-state index in [4.69, 9.17) is 37.4 Å². The summed E-state index contributed by atoms with van der Waals surface area (Å²) < 4.78 is 79.4. The predicted octanol–water partition coefficient (Wildman–Crippen LogP) is 10.2. The van der Waals surface area contributed by atoms with Gasteiger partial charge in [0.2, 0.25) is 17.7 Å². The number of aliphatic imine (C=N–C) groups is 1. The number of hydrogen-bond acceptors (Lipinski definition) is 22. The van der Waals surface area contributed by atoms with Gasteiger partial charge in [0.1, 0.15) is 57.4 Å². The first-order valence-corrected chi connectivity index (χ1v) is 59.0. The van der Waals surface area contributed by atoms with Crippen molar-refractivity contribution >= 4 is 97.0 Å². The van der Waals surface area contributed by atoms with Crippen molar-refractivity contribution in [2.24, 2.45) is 22.7 Å². The molecule has 0 aliphatic carbocycles. The van der Waals surface area contributed by atoms with Crippen LogP contribution < -0.4 is 128 Å². The number of rotatable bonds is 15. The molecular weight excluding hydrogens is 2100 g/mol. The van der Waals surface area contributed by atoms with Crippen LogP contribution in [0.4, 0.5) is 27.6 Å². The summed E-state index contributed by atoms with van der Waals surface area (Å²) in [4.78, 5) is 122. The van der Waals surface area contributed by atoms with E-state index in [2.05, 4.69) is 235 Å². The Morgan fingerprint density at radius 3 is 1.18 bits per heavy atom. The number of carbonyl (C=O) groups excluding carboxylic acids is 7. The summed E-state index contributed by atoms with van der Waals surface area (Å²) in [5.41, 5.74) is 21.2. The first kappa shape index (κ1) is 119. The summed E-state index contributed by atoms with van der Waals surface area (Å²) >= 11 is 2.16. The number of carbonyl (C=O) groups is 7. The van der Waals surface area contributed by atoms with E-state index >= 15 is 0 Å². The van der Waals surface area contributed by atoms with E-state index < -0.39 is 68.2 Å². The third-order valence-corrected chi connectivity index (χ3v) is 32.4. The molecule has 147 heavy (non-hydrogen) atoms. The second kappa shape index (κ2) is 50.9. The van der Waals surface area contributed by atoms with Gasteiger partial charge in [0.15, 0.2) is 0 Å². The molecule has 8 unspecified atom stereocenters. The number of aromatic nitrogens is 4. The molecule has 8 bridgehead atoms. The fraction of sp³-hybridized carbons (Fsp3) is 0.519. The number of H-pyrrole nitrogens is 2. The number of methoxy groups -OCH3 is 3. The Morgan fingerprint density at radius 2 is 0.830 bits per heavy atom. The molecule has 30 nitrogen and oxygen atoms in total. The van der Waals surface area contributed by atoms with E-state index in [0.717, 1.165) is 118 Å². The quantitative estimate of drug-likeness (QED) is 0.00734. The number of likely N-dealkylation sites (tertiary alicyclic amines) is 3. The van der Waals surface area contributed by atoms with Gasteiger partial charge in [-0.05, 0) is 258 Å². The Morgan fingerprint density at radius 1 is 0.497 bits per heavy atom. The molecule has 5 N–H and O–H groups in total. The molecule has 6 aromatic rings. The molecule has 774 valence electrons. The van der Waals surface area contributed by atoms with E-state index in [9.17, 15) is 50.4 Å². The molecule has 0 saturated carbocycles. The summed E-state index contributed by atoms with van der Waals surface area (Å²) in [7, 11) is 4.03. The number of halogens is 4. The average Bonchev–Trinajstić information content (AvgIpc) is 1.59. The zero-order chi connectivity index (χ0) is 105. The fourth-order valence-electron chi connectivity index (χ4n) is 22.3. The van der Waals surface area contributed by atoms with Gasteiger partial charge in [-0.25, -0.2) is 24.4 Å². The Balaban J connectivity index is 0.000000206. The number of nitrogens with zero attached hydrogens (tertiary/aromatic N) is 10. The van der Waals surface area contributed by atoms with Crippen LogP contribution in [-0.4, -0.2) is 226 Å². The Bertz CT molecular complexity index is 6390. The number of alkyl halides is 3. The maximum Gasteiger partial charge on any atom is 1.00 e. The van der Waals surface area contributed by atoms with Gasteiger partial charge < -0.3 is 70.6 Å². The van der Waals surface area contributed by atoms with Crippen LogP contribution in [0.5, 0.6) is 5.75 Å². The maximum atomic E-state index is 13.6. The van der Waals surface area contributed by atoms with Gasteiger partial charge >= 0.3 is 137 Å². The SMILES string of the molecule is C#Cc1ccc(C#C)c2c1C1CCC2N1C.CN1C2CCC1c1c(C#C[Si](C)(C)C)ccc(C#C[Si](C)(C)C)c12.COC(=O)N[C@H](C(=O)N1CCC[C@H]1C1=NC=C(C#Cc2ccc(C#Cc3cnc([C@@H]4CCCN4C(=O)[C@@H](NC(=O)OC)C(C)C)[nH]3)c3c2C2CCC3N2C)C1)C(C)C.COC(=O)N[C@H](C(=O)N1CCC[C@H]1c1ncc(I)[nH]1)C(C)C.Cc1ccc(OS(=O)(=O)C(F)(F)F)c2c1C1CCC2N1C.O=CO[O-].[H-].[K+].[K+]. The van der Waals surface area contributed by atoms with Crippen molar-refractivity contribution in [2.45, 2.75) is 274 Å². The minimum Gasteiger partial charge on any atom is -1.00 e. The van der Waals surface area contributed by atoms with Gasteiger partial charge in [0, 0.05) is 131 Å². The van der Waals surface area contributed by atoms with Crippen molar-refractivity contribution in [3.8, 4) is 77.0 Å². The van der Waals surface area contributed by atoms with Gasteiger partial charge in [-0.2, -0.15) is 21.6 Å². The van der Waals surface area contributed by atoms with Crippen LogP contribution in [0.2, 0.25) is 39.3 Å². The smallest absolute Gasteiger partial charge is 1.00 e. The molecule has 14 heterocycles. The second-order valence-corrected chi connectivity index (χ2v) is 53.8. The summed E-state index contributed by atoms with van der Waals surface area (Å²) in [6.45, 7) is 28.9. The van der Waals surface area contributed by atoms with Crippen LogP contribution in [0.15, 0.2) is 77.7 Å². The predicted molar refractivity (Wildman–Crippen MR) is 558 cm³/mol. The minimum absolute atomic E-state index is 0. The first-order valence-electron chi connectivity index (χ1n) is 49.5. The van der Waals surface area contributed by atoms with Crippen LogP contribution >= 0.6 is 22.6 Å². The van der Waals surface area contributed by atoms with Gasteiger partial charge in [-0.1, -0.05) is 128 Å². The topological polar surface area (TPSA) is 351 Å². The molecule has 7 saturated heterocycles. The number of amides is 6. The first-order chi connectivity index (χ1) is 68.7. The van der Waals surface area contributed by atoms with E-state index in [-0.39, 0.29) is 194 Å². The van der Waals surface area contributed by atoms with Gasteiger partial charge in [-0.3, -0.25) is 43.8 Å². The molecule has 18 rings (SSSR count). The molecule has 39 heteroatoms. The molecule has 0 radical (unpaired) electrons. The zero-order valence-corrected chi connectivity index (χ0v) is 99.4. The second-order valence-electron chi connectivity index (χ2n) is 41.6. The van der Waals surface area contributed by atoms with Gasteiger partial charge in [0.25, 0.3) is 6.47 Å². The molecule has 4 aromatic carbocycles. The molecule has 0 spiro atoms. The summed E-state index contributed by atoms with van der Waals surface area (Å²) in [6.07, 6.45) is 29.1. The largest absolute Gasteiger partial charge is 1.00 e. The van der Waals surface area contributed by atoms with Gasteiger partial charge in [0.05, 0.1) is 55.5 Å². The number of nitrogens with one attached hydrogen (secondary N) is 5. The van der Waals surface area contributed by atoms with E-state index in [1.54, 1.807) is 28.3 Å². The molecule has 6 amide bonds. The standard InChI is InChI=1S/C44H54N8O6.C21H29NSi2.C15H13N.C14H21IN4O3.C13H14F3NO3S.CH2O3.2K.H/c1-25(2)38(48-43(55)57-6)41(53)51-20-8-10-32(51)31-22-27(23-45-31)12-13-28-14-15-29(37-34-19-18-33(36(28)37)50(34)5)16-17-30-24-46-40(47-30)35-11-9-21-52(35)42(54)39(26(3)4)49-44(56)58-7;1-22-18-10-11-19(22)21-17(13-15-24(5,6)7)9-8-16(20(18)21)12-14-23(2,3)4;1-4-10-6-7-11(5-2)15-13-9-8-12(14(10)15)16(13)3;1-8(2)11(18-14(21)22-3)13(20)19-6-4-5-9(19)12-16-7-10(15)17-12;1-7-3-6-10(20-21(18,19)13(14,15)16)12-9-5-4-8(11(7)12)17(9)2;2-1-4-3;;;/h14-15,23-26,32-35,38-39H,8-11,18-22H2,1-7H3,(H,46,47)(H,48,55)(H,49,56);8-9,18-19H,10-11H2,1-7H3;1-2,6-7,12-13H,8-9H2,3H3;7-9,11H,4-6H2,1-3H3,(H,16,17)(H,18,21);3,6,8-9H,4-5H2,1-2H3;1,3H;;;/q;;;;;;2*+1;-1/p-1/t32-,33?,34?,35-,38-,39-;;;9-,11-;;;;;/m0..0...../s1. The fourth-order valence-corrected chi connectivity index (χ4v) is 24.2. The van der Waals surface area contributed by atoms with E-state index in [1.807, 2.05) is 78.7 Å².